The van der Waals surface area contributed by atoms with Crippen molar-refractivity contribution < 1.29 is 18.7 Å². The van der Waals surface area contributed by atoms with Crippen LogP contribution in [-0.4, -0.2) is 66.5 Å². The molecule has 2 aliphatic rings. The molecule has 25 heavy (non-hydrogen) atoms. The molecule has 7 heteroatoms. The van der Waals surface area contributed by atoms with E-state index in [1.54, 1.807) is 17.2 Å². The van der Waals surface area contributed by atoms with Gasteiger partial charge in [0.1, 0.15) is 5.76 Å². The zero-order valence-electron chi connectivity index (χ0n) is 14.9. The number of nitrogens with one attached hydrogen (secondary N) is 1. The molecule has 0 radical (unpaired) electrons. The average molecular weight is 349 g/mol. The minimum atomic E-state index is -0.273. The summed E-state index contributed by atoms with van der Waals surface area (Å²) in [7, 11) is 0. The quantitative estimate of drug-likeness (QED) is 0.824. The molecular weight excluding hydrogens is 322 g/mol. The molecule has 3 rings (SSSR count). The zero-order valence-corrected chi connectivity index (χ0v) is 14.9. The van der Waals surface area contributed by atoms with E-state index in [-0.39, 0.29) is 36.4 Å². The van der Waals surface area contributed by atoms with Crippen LogP contribution in [0.15, 0.2) is 22.8 Å². The lowest BCUT2D eigenvalue weighted by atomic mass is 10.1. The lowest BCUT2D eigenvalue weighted by Crippen LogP contribution is -2.48. The van der Waals surface area contributed by atoms with E-state index in [9.17, 15) is 9.59 Å². The minimum absolute atomic E-state index is 0.00683. The van der Waals surface area contributed by atoms with E-state index in [1.807, 2.05) is 6.07 Å². The third kappa shape index (κ3) is 4.83. The van der Waals surface area contributed by atoms with Gasteiger partial charge in [0, 0.05) is 39.1 Å². The molecule has 2 saturated heterocycles. The Kier molecular flexibility index (Phi) is 5.75. The fourth-order valence-corrected chi connectivity index (χ4v) is 3.64. The van der Waals surface area contributed by atoms with Crippen LogP contribution < -0.4 is 5.32 Å². The first kappa shape index (κ1) is 17.9. The van der Waals surface area contributed by atoms with Crippen molar-refractivity contribution in [2.75, 3.05) is 32.7 Å². The monoisotopic (exact) mass is 349 g/mol. The molecule has 138 valence electrons. The second-order valence-corrected chi connectivity index (χ2v) is 7.06. The molecule has 0 bridgehead atoms. The van der Waals surface area contributed by atoms with Crippen LogP contribution in [-0.2, 0) is 20.9 Å². The van der Waals surface area contributed by atoms with E-state index < -0.39 is 0 Å². The molecule has 3 heterocycles. The highest BCUT2D eigenvalue weighted by atomic mass is 16.5. The fraction of sp³-hybridized carbons (Fsp3) is 0.667. The molecule has 1 aromatic heterocycles. The van der Waals surface area contributed by atoms with Crippen LogP contribution in [0.4, 0.5) is 0 Å². The van der Waals surface area contributed by atoms with E-state index >= 15 is 0 Å². The van der Waals surface area contributed by atoms with Crippen LogP contribution in [0.2, 0.25) is 0 Å². The van der Waals surface area contributed by atoms with Crippen molar-refractivity contribution in [3.63, 3.8) is 0 Å². The molecule has 2 amide bonds. The number of hydrogen-bond acceptors (Lipinski definition) is 5. The Hall–Kier alpha value is -1.86. The molecule has 0 aromatic carbocycles. The Labute approximate surface area is 148 Å². The number of nitrogens with zero attached hydrogens (tertiary/aromatic N) is 2. The summed E-state index contributed by atoms with van der Waals surface area (Å²) in [5.41, 5.74) is 0. The van der Waals surface area contributed by atoms with Crippen molar-refractivity contribution >= 4 is 11.8 Å². The number of ether oxygens (including phenoxy) is 1. The maximum atomic E-state index is 12.4. The third-order valence-electron chi connectivity index (χ3n) is 4.73. The topological polar surface area (TPSA) is 75.0 Å². The van der Waals surface area contributed by atoms with Crippen molar-refractivity contribution in [3.8, 4) is 0 Å². The first-order valence-corrected chi connectivity index (χ1v) is 8.97. The standard InChI is InChI=1S/C18H27N3O4/c1-13-9-20(10-14(2)25-13)6-5-19-18(23)15-8-17(22)21(11-15)12-16-4-3-7-24-16/h3-4,7,13-15H,5-6,8-12H2,1-2H3,(H,19,23)/t13-,14+,15-/m0/s1. The van der Waals surface area contributed by atoms with Gasteiger partial charge in [-0.3, -0.25) is 14.5 Å². The van der Waals surface area contributed by atoms with Gasteiger partial charge in [0.05, 0.1) is 30.9 Å². The molecule has 2 aliphatic heterocycles. The molecule has 0 unspecified atom stereocenters. The van der Waals surface area contributed by atoms with Crippen LogP contribution in [0, 0.1) is 5.92 Å². The van der Waals surface area contributed by atoms with E-state index in [2.05, 4.69) is 24.1 Å². The lowest BCUT2D eigenvalue weighted by molar-refractivity contribution is -0.129. The van der Waals surface area contributed by atoms with Gasteiger partial charge in [0.25, 0.3) is 0 Å². The number of morpholine rings is 1. The summed E-state index contributed by atoms with van der Waals surface area (Å²) in [6.07, 6.45) is 2.31. The van der Waals surface area contributed by atoms with Gasteiger partial charge in [-0.25, -0.2) is 0 Å². The Morgan fingerprint density at radius 3 is 2.72 bits per heavy atom. The van der Waals surface area contributed by atoms with Crippen LogP contribution in [0.1, 0.15) is 26.0 Å². The largest absolute Gasteiger partial charge is 0.467 e. The van der Waals surface area contributed by atoms with Crippen LogP contribution >= 0.6 is 0 Å². The first-order valence-electron chi connectivity index (χ1n) is 8.97. The SMILES string of the molecule is C[C@@H]1CN(CCNC(=O)[C@H]2CC(=O)N(Cc3ccco3)C2)C[C@H](C)O1. The van der Waals surface area contributed by atoms with Crippen molar-refractivity contribution in [3.05, 3.63) is 24.2 Å². The Balaban J connectivity index is 1.40. The number of carbonyl (C=O) groups excluding carboxylic acids is 2. The molecular formula is C18H27N3O4. The molecule has 0 aliphatic carbocycles. The number of hydrogen-bond donors (Lipinski definition) is 1. The van der Waals surface area contributed by atoms with Gasteiger partial charge >= 0.3 is 0 Å². The van der Waals surface area contributed by atoms with E-state index in [0.29, 0.717) is 19.6 Å². The smallest absolute Gasteiger partial charge is 0.225 e. The maximum Gasteiger partial charge on any atom is 0.225 e. The molecule has 0 saturated carbocycles. The van der Waals surface area contributed by atoms with Crippen LogP contribution in [0.3, 0.4) is 0 Å². The van der Waals surface area contributed by atoms with Crippen LogP contribution in [0.25, 0.3) is 0 Å². The van der Waals surface area contributed by atoms with E-state index in [4.69, 9.17) is 9.15 Å². The van der Waals surface area contributed by atoms with E-state index in [0.717, 1.165) is 25.4 Å². The van der Waals surface area contributed by atoms with Gasteiger partial charge in [-0.2, -0.15) is 0 Å². The summed E-state index contributed by atoms with van der Waals surface area (Å²) in [5.74, 6) is 0.437. The highest BCUT2D eigenvalue weighted by Gasteiger charge is 2.34. The summed E-state index contributed by atoms with van der Waals surface area (Å²) in [5, 5.41) is 2.98. The summed E-state index contributed by atoms with van der Waals surface area (Å²) in [6, 6.07) is 3.64. The summed E-state index contributed by atoms with van der Waals surface area (Å²) in [6.45, 7) is 8.20. The van der Waals surface area contributed by atoms with Crippen molar-refractivity contribution in [2.24, 2.45) is 5.92 Å². The predicted octanol–water partition coefficient (Wildman–Crippen LogP) is 0.854. The number of amides is 2. The summed E-state index contributed by atoms with van der Waals surface area (Å²) in [4.78, 5) is 28.4. The highest BCUT2D eigenvalue weighted by Crippen LogP contribution is 2.20. The predicted molar refractivity (Wildman–Crippen MR) is 91.7 cm³/mol. The van der Waals surface area contributed by atoms with Gasteiger partial charge in [-0.1, -0.05) is 0 Å². The number of rotatable bonds is 6. The number of likely N-dealkylation sites (tertiary alicyclic amines) is 1. The Morgan fingerprint density at radius 2 is 2.04 bits per heavy atom. The highest BCUT2D eigenvalue weighted by molar-refractivity contribution is 5.89. The Bertz CT molecular complexity index is 579. The lowest BCUT2D eigenvalue weighted by Gasteiger charge is -2.35. The zero-order chi connectivity index (χ0) is 17.8. The van der Waals surface area contributed by atoms with Gasteiger partial charge in [-0.05, 0) is 26.0 Å². The molecule has 1 aromatic rings. The van der Waals surface area contributed by atoms with Crippen molar-refractivity contribution in [1.82, 2.24) is 15.1 Å². The average Bonchev–Trinajstić information content (AvgIpc) is 3.17. The first-order chi connectivity index (χ1) is 12.0. The second kappa shape index (κ2) is 8.01. The molecule has 3 atom stereocenters. The van der Waals surface area contributed by atoms with Gasteiger partial charge in [-0.15, -0.1) is 0 Å². The number of furan rings is 1. The third-order valence-corrected chi connectivity index (χ3v) is 4.73. The van der Waals surface area contributed by atoms with Crippen molar-refractivity contribution in [1.29, 1.82) is 0 Å². The van der Waals surface area contributed by atoms with Gasteiger partial charge < -0.3 is 19.4 Å². The molecule has 1 N–H and O–H groups in total. The van der Waals surface area contributed by atoms with Gasteiger partial charge in [0.15, 0.2) is 0 Å². The second-order valence-electron chi connectivity index (χ2n) is 7.06. The minimum Gasteiger partial charge on any atom is -0.467 e. The van der Waals surface area contributed by atoms with E-state index in [1.165, 1.54) is 0 Å². The summed E-state index contributed by atoms with van der Waals surface area (Å²) < 4.78 is 11.0. The molecule has 7 nitrogen and oxygen atoms in total. The van der Waals surface area contributed by atoms with Crippen LogP contribution in [0.5, 0.6) is 0 Å². The fourth-order valence-electron chi connectivity index (χ4n) is 3.64. The molecule has 0 spiro atoms. The van der Waals surface area contributed by atoms with Crippen molar-refractivity contribution in [2.45, 2.75) is 39.0 Å². The molecule has 2 fully saturated rings. The number of carbonyl (C=O) groups is 2. The normalized spacial score (nSPS) is 27.7. The Morgan fingerprint density at radius 1 is 1.28 bits per heavy atom. The summed E-state index contributed by atoms with van der Waals surface area (Å²) >= 11 is 0. The maximum absolute atomic E-state index is 12.4. The van der Waals surface area contributed by atoms with Gasteiger partial charge in [0.2, 0.25) is 11.8 Å².